The fraction of sp³-hybridized carbons (Fsp3) is 0.615. The first kappa shape index (κ1) is 13.0. The predicted octanol–water partition coefficient (Wildman–Crippen LogP) is 1.16. The van der Waals surface area contributed by atoms with E-state index in [-0.39, 0.29) is 17.9 Å². The van der Waals surface area contributed by atoms with Crippen molar-refractivity contribution in [1.29, 1.82) is 0 Å². The largest absolute Gasteiger partial charge is 0.337 e. The summed E-state index contributed by atoms with van der Waals surface area (Å²) in [7, 11) is 0. The Hall–Kier alpha value is -1.49. The van der Waals surface area contributed by atoms with Gasteiger partial charge in [-0.2, -0.15) is 0 Å². The number of piperidine rings is 1. The van der Waals surface area contributed by atoms with Gasteiger partial charge in [-0.15, -0.1) is 0 Å². The number of amides is 1. The van der Waals surface area contributed by atoms with Crippen LogP contribution in [0.25, 0.3) is 0 Å². The number of nitrogens with zero attached hydrogens (tertiary/aromatic N) is 3. The van der Waals surface area contributed by atoms with Crippen molar-refractivity contribution in [3.05, 3.63) is 23.8 Å². The molecule has 1 atom stereocenters. The van der Waals surface area contributed by atoms with Crippen LogP contribution in [0.2, 0.25) is 0 Å². The van der Waals surface area contributed by atoms with Crippen molar-refractivity contribution in [2.75, 3.05) is 13.1 Å². The Morgan fingerprint density at radius 2 is 2.33 bits per heavy atom. The zero-order valence-corrected chi connectivity index (χ0v) is 11.0. The molecular weight excluding hydrogens is 228 g/mol. The zero-order valence-electron chi connectivity index (χ0n) is 11.0. The van der Waals surface area contributed by atoms with E-state index in [1.54, 1.807) is 6.20 Å². The third-order valence-corrected chi connectivity index (χ3v) is 3.27. The third-order valence-electron chi connectivity index (χ3n) is 3.27. The summed E-state index contributed by atoms with van der Waals surface area (Å²) in [5.41, 5.74) is 7.34. The third kappa shape index (κ3) is 2.67. The second-order valence-corrected chi connectivity index (χ2v) is 5.13. The quantitative estimate of drug-likeness (QED) is 0.852. The van der Waals surface area contributed by atoms with Gasteiger partial charge in [0.05, 0.1) is 11.3 Å². The fourth-order valence-electron chi connectivity index (χ4n) is 2.33. The minimum Gasteiger partial charge on any atom is -0.337 e. The fourth-order valence-corrected chi connectivity index (χ4v) is 2.33. The highest BCUT2D eigenvalue weighted by Gasteiger charge is 2.25. The molecule has 2 N–H and O–H groups in total. The van der Waals surface area contributed by atoms with Crippen LogP contribution in [0.3, 0.4) is 0 Å². The molecule has 1 aromatic rings. The molecule has 1 aromatic heterocycles. The van der Waals surface area contributed by atoms with Crippen LogP contribution in [0.15, 0.2) is 12.5 Å². The van der Waals surface area contributed by atoms with Crippen LogP contribution < -0.4 is 5.73 Å². The number of hydrogen-bond donors (Lipinski definition) is 1. The number of carbonyl (C=O) groups excluding carboxylic acids is 1. The summed E-state index contributed by atoms with van der Waals surface area (Å²) in [6.07, 6.45) is 5.07. The molecule has 5 heteroatoms. The molecule has 2 rings (SSSR count). The van der Waals surface area contributed by atoms with Gasteiger partial charge in [0.1, 0.15) is 6.33 Å². The SMILES string of the molecule is CC(C)c1ncncc1C(=O)N1CCCC(N)C1. The highest BCUT2D eigenvalue weighted by molar-refractivity contribution is 5.95. The zero-order chi connectivity index (χ0) is 13.1. The smallest absolute Gasteiger partial charge is 0.257 e. The minimum absolute atomic E-state index is 0.00875. The average molecular weight is 248 g/mol. The van der Waals surface area contributed by atoms with Crippen LogP contribution >= 0.6 is 0 Å². The predicted molar refractivity (Wildman–Crippen MR) is 69.2 cm³/mol. The summed E-state index contributed by atoms with van der Waals surface area (Å²) in [5.74, 6) is 0.222. The Kier molecular flexibility index (Phi) is 3.91. The van der Waals surface area contributed by atoms with E-state index in [0.29, 0.717) is 12.1 Å². The first-order valence-electron chi connectivity index (χ1n) is 6.44. The molecule has 0 spiro atoms. The molecule has 1 unspecified atom stereocenters. The molecule has 0 bridgehead atoms. The second-order valence-electron chi connectivity index (χ2n) is 5.13. The normalized spacial score (nSPS) is 20.2. The summed E-state index contributed by atoms with van der Waals surface area (Å²) in [6.45, 7) is 5.46. The van der Waals surface area contributed by atoms with Crippen molar-refractivity contribution >= 4 is 5.91 Å². The summed E-state index contributed by atoms with van der Waals surface area (Å²) >= 11 is 0. The highest BCUT2D eigenvalue weighted by atomic mass is 16.2. The molecular formula is C13H20N4O. The van der Waals surface area contributed by atoms with Gasteiger partial charge in [-0.25, -0.2) is 9.97 Å². The lowest BCUT2D eigenvalue weighted by molar-refractivity contribution is 0.0706. The van der Waals surface area contributed by atoms with E-state index in [0.717, 1.165) is 25.1 Å². The number of nitrogens with two attached hydrogens (primary N) is 1. The molecule has 0 aromatic carbocycles. The summed E-state index contributed by atoms with van der Waals surface area (Å²) in [4.78, 5) is 22.5. The van der Waals surface area contributed by atoms with E-state index >= 15 is 0 Å². The number of rotatable bonds is 2. The molecule has 0 aliphatic carbocycles. The van der Waals surface area contributed by atoms with Gasteiger partial charge in [0.2, 0.25) is 0 Å². The van der Waals surface area contributed by atoms with Gasteiger partial charge in [-0.1, -0.05) is 13.8 Å². The van der Waals surface area contributed by atoms with E-state index < -0.39 is 0 Å². The average Bonchev–Trinajstić information content (AvgIpc) is 2.38. The summed E-state index contributed by atoms with van der Waals surface area (Å²) < 4.78 is 0. The van der Waals surface area contributed by atoms with Crippen molar-refractivity contribution < 1.29 is 4.79 Å². The van der Waals surface area contributed by atoms with Gasteiger partial charge in [0.25, 0.3) is 5.91 Å². The summed E-state index contributed by atoms with van der Waals surface area (Å²) in [6, 6.07) is 0.0924. The monoisotopic (exact) mass is 248 g/mol. The lowest BCUT2D eigenvalue weighted by Crippen LogP contribution is -2.46. The van der Waals surface area contributed by atoms with Crippen LogP contribution in [-0.2, 0) is 0 Å². The summed E-state index contributed by atoms with van der Waals surface area (Å²) in [5, 5.41) is 0. The molecule has 1 fully saturated rings. The molecule has 2 heterocycles. The molecule has 1 amide bonds. The van der Waals surface area contributed by atoms with Crippen molar-refractivity contribution in [1.82, 2.24) is 14.9 Å². The Balaban J connectivity index is 2.23. The van der Waals surface area contributed by atoms with Crippen molar-refractivity contribution in [3.63, 3.8) is 0 Å². The minimum atomic E-state index is 0.00875. The molecule has 0 radical (unpaired) electrons. The van der Waals surface area contributed by atoms with Crippen molar-refractivity contribution in [2.45, 2.75) is 38.6 Å². The Labute approximate surface area is 107 Å². The maximum atomic E-state index is 12.5. The van der Waals surface area contributed by atoms with E-state index in [1.807, 2.05) is 18.7 Å². The number of carbonyl (C=O) groups is 1. The second kappa shape index (κ2) is 5.44. The van der Waals surface area contributed by atoms with E-state index in [9.17, 15) is 4.79 Å². The van der Waals surface area contributed by atoms with Crippen molar-refractivity contribution in [2.24, 2.45) is 5.73 Å². The van der Waals surface area contributed by atoms with Gasteiger partial charge in [0.15, 0.2) is 0 Å². The molecule has 1 saturated heterocycles. The van der Waals surface area contributed by atoms with Crippen molar-refractivity contribution in [3.8, 4) is 0 Å². The standard InChI is InChI=1S/C13H20N4O/c1-9(2)12-11(6-15-8-16-12)13(18)17-5-3-4-10(14)7-17/h6,8-10H,3-5,7,14H2,1-2H3. The van der Waals surface area contributed by atoms with Crippen LogP contribution in [-0.4, -0.2) is 39.9 Å². The van der Waals surface area contributed by atoms with E-state index in [4.69, 9.17) is 5.73 Å². The lowest BCUT2D eigenvalue weighted by Gasteiger charge is -2.31. The molecule has 1 aliphatic rings. The number of aromatic nitrogens is 2. The van der Waals surface area contributed by atoms with Crippen LogP contribution in [0.1, 0.15) is 48.7 Å². The highest BCUT2D eigenvalue weighted by Crippen LogP contribution is 2.19. The van der Waals surface area contributed by atoms with Crippen LogP contribution in [0.5, 0.6) is 0 Å². The molecule has 0 saturated carbocycles. The van der Waals surface area contributed by atoms with Gasteiger partial charge in [0, 0.05) is 25.3 Å². The van der Waals surface area contributed by atoms with E-state index in [2.05, 4.69) is 9.97 Å². The molecule has 98 valence electrons. The topological polar surface area (TPSA) is 72.1 Å². The molecule has 5 nitrogen and oxygen atoms in total. The number of likely N-dealkylation sites (tertiary alicyclic amines) is 1. The Bertz CT molecular complexity index is 433. The first-order valence-corrected chi connectivity index (χ1v) is 6.44. The molecule has 18 heavy (non-hydrogen) atoms. The Morgan fingerprint density at radius 3 is 3.00 bits per heavy atom. The molecule has 1 aliphatic heterocycles. The van der Waals surface area contributed by atoms with E-state index in [1.165, 1.54) is 6.33 Å². The van der Waals surface area contributed by atoms with Crippen LogP contribution in [0, 0.1) is 0 Å². The maximum absolute atomic E-state index is 12.5. The van der Waals surface area contributed by atoms with Gasteiger partial charge in [-0.05, 0) is 18.8 Å². The lowest BCUT2D eigenvalue weighted by atomic mass is 10.0. The van der Waals surface area contributed by atoms with Gasteiger partial charge >= 0.3 is 0 Å². The first-order chi connectivity index (χ1) is 8.59. The van der Waals surface area contributed by atoms with Gasteiger partial charge in [-0.3, -0.25) is 4.79 Å². The van der Waals surface area contributed by atoms with Gasteiger partial charge < -0.3 is 10.6 Å². The maximum Gasteiger partial charge on any atom is 0.257 e. The number of hydrogen-bond acceptors (Lipinski definition) is 4. The van der Waals surface area contributed by atoms with Crippen LogP contribution in [0.4, 0.5) is 0 Å². The Morgan fingerprint density at radius 1 is 1.56 bits per heavy atom.